The third-order valence-electron chi connectivity index (χ3n) is 3.15. The van der Waals surface area contributed by atoms with E-state index in [1.54, 1.807) is 12.1 Å². The summed E-state index contributed by atoms with van der Waals surface area (Å²) in [5, 5.41) is 2.75. The molecule has 21 heavy (non-hydrogen) atoms. The van der Waals surface area contributed by atoms with E-state index in [2.05, 4.69) is 5.32 Å². The highest BCUT2D eigenvalue weighted by Gasteiger charge is 2.18. The van der Waals surface area contributed by atoms with Gasteiger partial charge in [-0.05, 0) is 30.5 Å². The maximum absolute atomic E-state index is 11.9. The quantitative estimate of drug-likeness (QED) is 0.797. The van der Waals surface area contributed by atoms with Crippen LogP contribution in [0.5, 0.6) is 0 Å². The van der Waals surface area contributed by atoms with Crippen molar-refractivity contribution < 1.29 is 13.2 Å². The molecule has 1 N–H and O–H groups in total. The number of carbonyl (C=O) groups excluding carboxylic acids is 1. The van der Waals surface area contributed by atoms with Crippen LogP contribution >= 0.6 is 0 Å². The van der Waals surface area contributed by atoms with E-state index in [1.807, 2.05) is 26.0 Å². The number of sulfonamides is 1. The van der Waals surface area contributed by atoms with Crippen molar-refractivity contribution in [1.82, 2.24) is 5.32 Å². The molecule has 0 fully saturated rings. The van der Waals surface area contributed by atoms with Crippen LogP contribution in [0, 0.1) is 0 Å². The number of amides is 1. The number of carbonyl (C=O) groups is 1. The number of nitrogens with zero attached hydrogens (tertiary/aromatic N) is 1. The van der Waals surface area contributed by atoms with Crippen LogP contribution in [0.2, 0.25) is 0 Å². The van der Waals surface area contributed by atoms with Gasteiger partial charge in [0.15, 0.2) is 0 Å². The summed E-state index contributed by atoms with van der Waals surface area (Å²) in [5.41, 5.74) is 1.74. The largest absolute Gasteiger partial charge is 0.356 e. The van der Waals surface area contributed by atoms with Crippen molar-refractivity contribution in [3.63, 3.8) is 0 Å². The van der Waals surface area contributed by atoms with E-state index in [4.69, 9.17) is 0 Å². The van der Waals surface area contributed by atoms with E-state index in [0.29, 0.717) is 12.2 Å². The smallest absolute Gasteiger partial charge is 0.232 e. The predicted molar refractivity (Wildman–Crippen MR) is 85.9 cm³/mol. The minimum Gasteiger partial charge on any atom is -0.356 e. The van der Waals surface area contributed by atoms with Crippen molar-refractivity contribution in [3.8, 4) is 0 Å². The van der Waals surface area contributed by atoms with Crippen LogP contribution < -0.4 is 9.62 Å². The molecule has 0 spiro atoms. The van der Waals surface area contributed by atoms with Crippen molar-refractivity contribution >= 4 is 21.6 Å². The lowest BCUT2D eigenvalue weighted by Crippen LogP contribution is -2.34. The molecule has 0 aliphatic rings. The molecule has 1 amide bonds. The first-order valence-electron chi connectivity index (χ1n) is 7.21. The molecule has 0 heterocycles. The van der Waals surface area contributed by atoms with E-state index < -0.39 is 10.0 Å². The Bertz CT molecular complexity index is 553. The fourth-order valence-corrected chi connectivity index (χ4v) is 2.87. The minimum atomic E-state index is -3.40. The fourth-order valence-electron chi connectivity index (χ4n) is 1.94. The Morgan fingerprint density at radius 3 is 2.29 bits per heavy atom. The van der Waals surface area contributed by atoms with Gasteiger partial charge in [-0.1, -0.05) is 26.0 Å². The van der Waals surface area contributed by atoms with E-state index >= 15 is 0 Å². The van der Waals surface area contributed by atoms with Crippen molar-refractivity contribution in [2.24, 2.45) is 0 Å². The predicted octanol–water partition coefficient (Wildman–Crippen LogP) is 1.93. The first kappa shape index (κ1) is 17.5. The highest BCUT2D eigenvalue weighted by atomic mass is 32.2. The van der Waals surface area contributed by atoms with Crippen LogP contribution in [0.3, 0.4) is 0 Å². The Hall–Kier alpha value is -1.56. The van der Waals surface area contributed by atoms with Crippen molar-refractivity contribution in [2.75, 3.05) is 23.7 Å². The molecule has 0 aliphatic heterocycles. The van der Waals surface area contributed by atoms with Crippen LogP contribution in [0.25, 0.3) is 0 Å². The average Bonchev–Trinajstić information content (AvgIpc) is 2.44. The molecule has 5 nitrogen and oxygen atoms in total. The van der Waals surface area contributed by atoms with Crippen molar-refractivity contribution in [1.29, 1.82) is 0 Å². The molecule has 0 bridgehead atoms. The van der Waals surface area contributed by atoms with Gasteiger partial charge in [0.2, 0.25) is 15.9 Å². The van der Waals surface area contributed by atoms with Crippen LogP contribution in [-0.2, 0) is 21.2 Å². The van der Waals surface area contributed by atoms with Gasteiger partial charge in [-0.3, -0.25) is 9.10 Å². The maximum atomic E-state index is 11.9. The second-order valence-corrected chi connectivity index (χ2v) is 6.86. The number of nitrogens with one attached hydrogen (secondary N) is 1. The van der Waals surface area contributed by atoms with Gasteiger partial charge in [-0.25, -0.2) is 8.42 Å². The Kier molecular flexibility index (Phi) is 6.68. The van der Waals surface area contributed by atoms with Gasteiger partial charge in [0.25, 0.3) is 0 Å². The Morgan fingerprint density at radius 2 is 1.81 bits per heavy atom. The van der Waals surface area contributed by atoms with E-state index in [1.165, 1.54) is 4.31 Å². The molecule has 0 radical (unpaired) electrons. The van der Waals surface area contributed by atoms with Crippen LogP contribution in [0.1, 0.15) is 32.3 Å². The molecule has 1 aromatic rings. The third kappa shape index (κ3) is 5.75. The van der Waals surface area contributed by atoms with Gasteiger partial charge in [-0.15, -0.1) is 0 Å². The Morgan fingerprint density at radius 1 is 1.19 bits per heavy atom. The van der Waals surface area contributed by atoms with E-state index in [-0.39, 0.29) is 18.9 Å². The monoisotopic (exact) mass is 312 g/mol. The summed E-state index contributed by atoms with van der Waals surface area (Å²) in [6.45, 7) is 4.78. The number of aryl methyl sites for hydroxylation is 1. The minimum absolute atomic E-state index is 0.129. The Labute approximate surface area is 127 Å². The summed E-state index contributed by atoms with van der Waals surface area (Å²) in [6.07, 6.45) is 3.08. The molecule has 0 atom stereocenters. The molecule has 0 saturated carbocycles. The van der Waals surface area contributed by atoms with Crippen LogP contribution in [0.4, 0.5) is 5.69 Å². The van der Waals surface area contributed by atoms with Gasteiger partial charge < -0.3 is 5.32 Å². The van der Waals surface area contributed by atoms with Crippen molar-refractivity contribution in [3.05, 3.63) is 29.8 Å². The molecule has 0 unspecified atom stereocenters. The van der Waals surface area contributed by atoms with E-state index in [9.17, 15) is 13.2 Å². The molecular formula is C15H24N2O3S. The number of anilines is 1. The standard InChI is InChI=1S/C15H24N2O3S/c1-4-11-16-15(18)10-12-17(21(3,19)20)14-8-6-13(5-2)7-9-14/h6-9H,4-5,10-12H2,1-3H3,(H,16,18). The van der Waals surface area contributed by atoms with Crippen LogP contribution in [-0.4, -0.2) is 33.7 Å². The molecular weight excluding hydrogens is 288 g/mol. The lowest BCUT2D eigenvalue weighted by molar-refractivity contribution is -0.120. The van der Waals surface area contributed by atoms with Gasteiger partial charge in [0.05, 0.1) is 11.9 Å². The topological polar surface area (TPSA) is 66.5 Å². The first-order valence-corrected chi connectivity index (χ1v) is 9.06. The Balaban J connectivity index is 2.79. The number of hydrogen-bond acceptors (Lipinski definition) is 3. The summed E-state index contributed by atoms with van der Waals surface area (Å²) in [6, 6.07) is 7.38. The van der Waals surface area contributed by atoms with Gasteiger partial charge in [0.1, 0.15) is 0 Å². The second-order valence-electron chi connectivity index (χ2n) is 4.96. The summed E-state index contributed by atoms with van der Waals surface area (Å²) in [5.74, 6) is -0.129. The maximum Gasteiger partial charge on any atom is 0.232 e. The normalized spacial score (nSPS) is 11.2. The lowest BCUT2D eigenvalue weighted by atomic mass is 10.1. The summed E-state index contributed by atoms with van der Waals surface area (Å²) in [4.78, 5) is 11.6. The zero-order valence-corrected chi connectivity index (χ0v) is 13.7. The summed E-state index contributed by atoms with van der Waals surface area (Å²) >= 11 is 0. The SMILES string of the molecule is CCCNC(=O)CCN(c1ccc(CC)cc1)S(C)(=O)=O. The number of rotatable bonds is 8. The molecule has 6 heteroatoms. The molecule has 1 rings (SSSR count). The second kappa shape index (κ2) is 8.02. The zero-order chi connectivity index (χ0) is 15.9. The third-order valence-corrected chi connectivity index (χ3v) is 4.34. The van der Waals surface area contributed by atoms with E-state index in [0.717, 1.165) is 24.7 Å². The van der Waals surface area contributed by atoms with Crippen LogP contribution in [0.15, 0.2) is 24.3 Å². The highest BCUT2D eigenvalue weighted by molar-refractivity contribution is 7.92. The number of hydrogen-bond donors (Lipinski definition) is 1. The molecule has 1 aromatic carbocycles. The number of benzene rings is 1. The molecule has 0 aromatic heterocycles. The van der Waals surface area contributed by atoms with Crippen molar-refractivity contribution in [2.45, 2.75) is 33.1 Å². The van der Waals surface area contributed by atoms with Gasteiger partial charge in [-0.2, -0.15) is 0 Å². The summed E-state index contributed by atoms with van der Waals surface area (Å²) in [7, 11) is -3.40. The lowest BCUT2D eigenvalue weighted by Gasteiger charge is -2.22. The molecule has 118 valence electrons. The van der Waals surface area contributed by atoms with Gasteiger partial charge >= 0.3 is 0 Å². The average molecular weight is 312 g/mol. The molecule has 0 aliphatic carbocycles. The first-order chi connectivity index (χ1) is 9.88. The summed E-state index contributed by atoms with van der Waals surface area (Å²) < 4.78 is 25.1. The fraction of sp³-hybridized carbons (Fsp3) is 0.533. The highest BCUT2D eigenvalue weighted by Crippen LogP contribution is 2.19. The molecule has 0 saturated heterocycles. The zero-order valence-electron chi connectivity index (χ0n) is 12.9. The van der Waals surface area contributed by atoms with Gasteiger partial charge in [0, 0.05) is 19.5 Å².